The number of fused-ring (bicyclic) bond motifs is 3. The number of rotatable bonds is 0. The highest BCUT2D eigenvalue weighted by molar-refractivity contribution is 5.55. The molecule has 1 aromatic carbocycles. The van der Waals surface area contributed by atoms with Crippen molar-refractivity contribution in [2.24, 2.45) is 0 Å². The van der Waals surface area contributed by atoms with E-state index in [1.54, 1.807) is 0 Å². The minimum Gasteiger partial charge on any atom is -0.489 e. The smallest absolute Gasteiger partial charge is 0.164 e. The van der Waals surface area contributed by atoms with Crippen molar-refractivity contribution < 1.29 is 9.47 Å². The SMILES string of the molecule is CC1CCOc2c1ccc1c2OCCC1C. The monoisotopic (exact) mass is 218 g/mol. The molecule has 0 N–H and O–H groups in total. The van der Waals surface area contributed by atoms with Gasteiger partial charge in [-0.15, -0.1) is 0 Å². The van der Waals surface area contributed by atoms with Crippen LogP contribution in [0.3, 0.4) is 0 Å². The Labute approximate surface area is 96.6 Å². The van der Waals surface area contributed by atoms with Gasteiger partial charge in [0.05, 0.1) is 13.2 Å². The summed E-state index contributed by atoms with van der Waals surface area (Å²) in [5.41, 5.74) is 2.64. The number of hydrogen-bond acceptors (Lipinski definition) is 2. The summed E-state index contributed by atoms with van der Waals surface area (Å²) in [5.74, 6) is 3.22. The van der Waals surface area contributed by atoms with Crippen molar-refractivity contribution in [3.63, 3.8) is 0 Å². The van der Waals surface area contributed by atoms with E-state index in [4.69, 9.17) is 9.47 Å². The first-order chi connectivity index (χ1) is 7.77. The lowest BCUT2D eigenvalue weighted by atomic mass is 9.88. The molecule has 0 radical (unpaired) electrons. The van der Waals surface area contributed by atoms with Crippen LogP contribution >= 0.6 is 0 Å². The Morgan fingerprint density at radius 1 is 0.875 bits per heavy atom. The third-order valence-corrected chi connectivity index (χ3v) is 3.83. The van der Waals surface area contributed by atoms with Crippen molar-refractivity contribution in [1.82, 2.24) is 0 Å². The molecular weight excluding hydrogens is 200 g/mol. The fourth-order valence-electron chi connectivity index (χ4n) is 2.65. The van der Waals surface area contributed by atoms with Crippen LogP contribution in [0.15, 0.2) is 12.1 Å². The lowest BCUT2D eigenvalue weighted by Gasteiger charge is -2.30. The standard InChI is InChI=1S/C14H18O2/c1-9-5-7-15-13-11(9)3-4-12-10(2)6-8-16-14(12)13/h3-4,9-10H,5-8H2,1-2H3. The first kappa shape index (κ1) is 10.0. The van der Waals surface area contributed by atoms with Gasteiger partial charge in [0, 0.05) is 11.1 Å². The van der Waals surface area contributed by atoms with Gasteiger partial charge in [0.15, 0.2) is 11.5 Å². The minimum absolute atomic E-state index is 0.592. The van der Waals surface area contributed by atoms with Crippen molar-refractivity contribution in [3.05, 3.63) is 23.3 Å². The van der Waals surface area contributed by atoms with Crippen LogP contribution in [0.25, 0.3) is 0 Å². The van der Waals surface area contributed by atoms with Crippen molar-refractivity contribution in [3.8, 4) is 11.5 Å². The van der Waals surface area contributed by atoms with E-state index >= 15 is 0 Å². The summed E-state index contributed by atoms with van der Waals surface area (Å²) in [5, 5.41) is 0. The molecular formula is C14H18O2. The van der Waals surface area contributed by atoms with Gasteiger partial charge in [-0.05, 0) is 24.7 Å². The molecule has 2 heterocycles. The molecule has 0 spiro atoms. The van der Waals surface area contributed by atoms with E-state index in [-0.39, 0.29) is 0 Å². The molecule has 2 nitrogen and oxygen atoms in total. The van der Waals surface area contributed by atoms with Gasteiger partial charge < -0.3 is 9.47 Å². The molecule has 2 atom stereocenters. The molecule has 0 bridgehead atoms. The van der Waals surface area contributed by atoms with Crippen LogP contribution < -0.4 is 9.47 Å². The molecule has 2 heteroatoms. The Morgan fingerprint density at radius 2 is 1.31 bits per heavy atom. The Morgan fingerprint density at radius 3 is 1.75 bits per heavy atom. The average Bonchev–Trinajstić information content (AvgIpc) is 2.30. The minimum atomic E-state index is 0.592. The van der Waals surface area contributed by atoms with E-state index < -0.39 is 0 Å². The predicted octanol–water partition coefficient (Wildman–Crippen LogP) is 3.46. The van der Waals surface area contributed by atoms with Crippen LogP contribution in [0.5, 0.6) is 11.5 Å². The Balaban J connectivity index is 2.14. The van der Waals surface area contributed by atoms with E-state index in [0.29, 0.717) is 11.8 Å². The van der Waals surface area contributed by atoms with Gasteiger partial charge in [-0.1, -0.05) is 26.0 Å². The zero-order valence-electron chi connectivity index (χ0n) is 9.95. The van der Waals surface area contributed by atoms with Gasteiger partial charge in [-0.3, -0.25) is 0 Å². The van der Waals surface area contributed by atoms with Gasteiger partial charge in [-0.25, -0.2) is 0 Å². The Bertz CT molecular complexity index is 372. The van der Waals surface area contributed by atoms with Gasteiger partial charge >= 0.3 is 0 Å². The quantitative estimate of drug-likeness (QED) is 0.664. The summed E-state index contributed by atoms with van der Waals surface area (Å²) in [6, 6.07) is 4.45. The van der Waals surface area contributed by atoms with Crippen LogP contribution in [0.4, 0.5) is 0 Å². The Hall–Kier alpha value is -1.18. The summed E-state index contributed by atoms with van der Waals surface area (Å²) in [4.78, 5) is 0. The highest BCUT2D eigenvalue weighted by Gasteiger charge is 2.27. The molecule has 86 valence electrons. The van der Waals surface area contributed by atoms with E-state index in [2.05, 4.69) is 26.0 Å². The van der Waals surface area contributed by atoms with Crippen LogP contribution in [0.1, 0.15) is 49.7 Å². The van der Waals surface area contributed by atoms with Crippen molar-refractivity contribution in [2.75, 3.05) is 13.2 Å². The van der Waals surface area contributed by atoms with Crippen LogP contribution in [0, 0.1) is 0 Å². The summed E-state index contributed by atoms with van der Waals surface area (Å²) >= 11 is 0. The summed E-state index contributed by atoms with van der Waals surface area (Å²) < 4.78 is 11.6. The Kier molecular flexibility index (Phi) is 2.31. The molecule has 2 unspecified atom stereocenters. The fourth-order valence-corrected chi connectivity index (χ4v) is 2.65. The molecule has 16 heavy (non-hydrogen) atoms. The van der Waals surface area contributed by atoms with E-state index in [1.807, 2.05) is 0 Å². The maximum absolute atomic E-state index is 5.82. The topological polar surface area (TPSA) is 18.5 Å². The molecule has 0 aromatic heterocycles. The second-order valence-corrected chi connectivity index (χ2v) is 4.98. The van der Waals surface area contributed by atoms with Crippen LogP contribution in [-0.4, -0.2) is 13.2 Å². The first-order valence-corrected chi connectivity index (χ1v) is 6.19. The lowest BCUT2D eigenvalue weighted by Crippen LogP contribution is -2.18. The molecule has 0 saturated heterocycles. The molecule has 2 aliphatic rings. The van der Waals surface area contributed by atoms with Crippen LogP contribution in [-0.2, 0) is 0 Å². The molecule has 0 amide bonds. The predicted molar refractivity (Wildman–Crippen MR) is 63.5 cm³/mol. The first-order valence-electron chi connectivity index (χ1n) is 6.19. The average molecular weight is 218 g/mol. The molecule has 3 rings (SSSR count). The van der Waals surface area contributed by atoms with Crippen LogP contribution in [0.2, 0.25) is 0 Å². The zero-order chi connectivity index (χ0) is 11.1. The van der Waals surface area contributed by atoms with E-state index in [0.717, 1.165) is 37.6 Å². The van der Waals surface area contributed by atoms with Gasteiger partial charge in [-0.2, -0.15) is 0 Å². The normalized spacial score (nSPS) is 27.4. The van der Waals surface area contributed by atoms with Gasteiger partial charge in [0.25, 0.3) is 0 Å². The van der Waals surface area contributed by atoms with Gasteiger partial charge in [0.2, 0.25) is 0 Å². The summed E-state index contributed by atoms with van der Waals surface area (Å²) in [6.07, 6.45) is 2.22. The third kappa shape index (κ3) is 1.40. The highest BCUT2D eigenvalue weighted by atomic mass is 16.5. The molecule has 2 aliphatic heterocycles. The van der Waals surface area contributed by atoms with Crippen molar-refractivity contribution in [2.45, 2.75) is 38.5 Å². The summed E-state index contributed by atoms with van der Waals surface area (Å²) in [6.45, 7) is 6.17. The molecule has 0 saturated carbocycles. The molecule has 0 fully saturated rings. The highest BCUT2D eigenvalue weighted by Crippen LogP contribution is 2.46. The second-order valence-electron chi connectivity index (χ2n) is 4.98. The van der Waals surface area contributed by atoms with E-state index in [9.17, 15) is 0 Å². The maximum atomic E-state index is 5.82. The number of ether oxygens (including phenoxy) is 2. The van der Waals surface area contributed by atoms with Gasteiger partial charge in [0.1, 0.15) is 0 Å². The summed E-state index contributed by atoms with van der Waals surface area (Å²) in [7, 11) is 0. The third-order valence-electron chi connectivity index (χ3n) is 3.83. The lowest BCUT2D eigenvalue weighted by molar-refractivity contribution is 0.223. The number of hydrogen-bond donors (Lipinski definition) is 0. The largest absolute Gasteiger partial charge is 0.489 e. The molecule has 1 aromatic rings. The fraction of sp³-hybridized carbons (Fsp3) is 0.571. The number of benzene rings is 1. The molecule has 0 aliphatic carbocycles. The maximum Gasteiger partial charge on any atom is 0.164 e. The second kappa shape index (κ2) is 3.69. The zero-order valence-corrected chi connectivity index (χ0v) is 9.95. The van der Waals surface area contributed by atoms with Crippen molar-refractivity contribution >= 4 is 0 Å². The van der Waals surface area contributed by atoms with Crippen molar-refractivity contribution in [1.29, 1.82) is 0 Å². The van der Waals surface area contributed by atoms with E-state index in [1.165, 1.54) is 11.1 Å².